The molecule has 0 spiro atoms. The number of hydrogen-bond acceptors (Lipinski definition) is 4. The third-order valence-corrected chi connectivity index (χ3v) is 2.55. The topological polar surface area (TPSA) is 54.0 Å². The molecule has 0 aliphatic rings. The maximum Gasteiger partial charge on any atom is 0.213 e. The van der Waals surface area contributed by atoms with E-state index >= 15 is 0 Å². The summed E-state index contributed by atoms with van der Waals surface area (Å²) in [7, 11) is 4.11. The van der Waals surface area contributed by atoms with Crippen LogP contribution in [0.3, 0.4) is 0 Å². The van der Waals surface area contributed by atoms with Crippen molar-refractivity contribution in [2.24, 2.45) is 0 Å². The molecular weight excluding hydrogens is 228 g/mol. The molecule has 0 unspecified atom stereocenters. The summed E-state index contributed by atoms with van der Waals surface area (Å²) in [6.07, 6.45) is 6.21. The van der Waals surface area contributed by atoms with E-state index in [9.17, 15) is 0 Å². The molecule has 2 heterocycles. The van der Waals surface area contributed by atoms with Gasteiger partial charge in [-0.15, -0.1) is 0 Å². The van der Waals surface area contributed by atoms with Crippen LogP contribution in [0.25, 0.3) is 11.3 Å². The second-order valence-electron chi connectivity index (χ2n) is 4.36. The molecule has 2 aromatic heterocycles. The van der Waals surface area contributed by atoms with Gasteiger partial charge in [0.15, 0.2) is 0 Å². The fraction of sp³-hybridized carbons (Fsp3) is 0.385. The Hall–Kier alpha value is -1.88. The van der Waals surface area contributed by atoms with Crippen molar-refractivity contribution in [3.63, 3.8) is 0 Å². The third-order valence-electron chi connectivity index (χ3n) is 2.55. The number of aromatic amines is 1. The monoisotopic (exact) mass is 246 g/mol. The van der Waals surface area contributed by atoms with E-state index in [0.717, 1.165) is 24.2 Å². The lowest BCUT2D eigenvalue weighted by atomic mass is 10.2. The number of aromatic nitrogens is 3. The molecule has 18 heavy (non-hydrogen) atoms. The zero-order chi connectivity index (χ0) is 12.8. The van der Waals surface area contributed by atoms with Crippen molar-refractivity contribution in [2.45, 2.75) is 6.42 Å². The third kappa shape index (κ3) is 3.56. The van der Waals surface area contributed by atoms with Crippen molar-refractivity contribution in [3.05, 3.63) is 30.9 Å². The average Bonchev–Trinajstić information content (AvgIpc) is 2.89. The molecule has 96 valence electrons. The summed E-state index contributed by atoms with van der Waals surface area (Å²) in [5, 5.41) is 0. The van der Waals surface area contributed by atoms with Gasteiger partial charge < -0.3 is 14.6 Å². The summed E-state index contributed by atoms with van der Waals surface area (Å²) in [6, 6.07) is 3.85. The minimum absolute atomic E-state index is 0.664. The first-order chi connectivity index (χ1) is 8.75. The molecule has 0 saturated carbocycles. The Balaban J connectivity index is 1.84. The Morgan fingerprint density at radius 2 is 2.17 bits per heavy atom. The lowest BCUT2D eigenvalue weighted by molar-refractivity contribution is 0.273. The van der Waals surface area contributed by atoms with Crippen LogP contribution in [-0.4, -0.2) is 47.1 Å². The van der Waals surface area contributed by atoms with Gasteiger partial charge >= 0.3 is 0 Å². The van der Waals surface area contributed by atoms with Crippen molar-refractivity contribution in [1.82, 2.24) is 19.9 Å². The van der Waals surface area contributed by atoms with Gasteiger partial charge in [-0.05, 0) is 26.6 Å². The molecule has 0 saturated heterocycles. The molecule has 0 fully saturated rings. The Labute approximate surface area is 107 Å². The van der Waals surface area contributed by atoms with Crippen LogP contribution in [0.15, 0.2) is 30.9 Å². The van der Waals surface area contributed by atoms with Crippen molar-refractivity contribution < 1.29 is 4.74 Å². The fourth-order valence-corrected chi connectivity index (χ4v) is 1.60. The highest BCUT2D eigenvalue weighted by molar-refractivity contribution is 5.56. The molecule has 0 aliphatic heterocycles. The first-order valence-electron chi connectivity index (χ1n) is 5.98. The van der Waals surface area contributed by atoms with Crippen LogP contribution >= 0.6 is 0 Å². The number of imidazole rings is 1. The van der Waals surface area contributed by atoms with E-state index < -0.39 is 0 Å². The molecule has 5 nitrogen and oxygen atoms in total. The zero-order valence-corrected chi connectivity index (χ0v) is 10.8. The highest BCUT2D eigenvalue weighted by atomic mass is 16.5. The smallest absolute Gasteiger partial charge is 0.213 e. The van der Waals surface area contributed by atoms with Crippen LogP contribution in [0, 0.1) is 0 Å². The van der Waals surface area contributed by atoms with Crippen LogP contribution in [0.4, 0.5) is 0 Å². The Bertz CT molecular complexity index is 450. The number of nitrogens with zero attached hydrogens (tertiary/aromatic N) is 3. The minimum Gasteiger partial charge on any atom is -0.478 e. The predicted molar refractivity (Wildman–Crippen MR) is 70.5 cm³/mol. The predicted octanol–water partition coefficient (Wildman–Crippen LogP) is 1.80. The Morgan fingerprint density at radius 1 is 1.28 bits per heavy atom. The van der Waals surface area contributed by atoms with E-state index in [4.69, 9.17) is 4.74 Å². The van der Waals surface area contributed by atoms with Gasteiger partial charge in [0.05, 0.1) is 24.8 Å². The maximum atomic E-state index is 5.57. The number of ether oxygens (including phenoxy) is 1. The van der Waals surface area contributed by atoms with Crippen LogP contribution < -0.4 is 4.74 Å². The lowest BCUT2D eigenvalue weighted by Crippen LogP contribution is -2.15. The molecule has 2 rings (SSSR count). The van der Waals surface area contributed by atoms with Crippen molar-refractivity contribution >= 4 is 0 Å². The molecule has 2 aromatic rings. The van der Waals surface area contributed by atoms with Crippen molar-refractivity contribution in [1.29, 1.82) is 0 Å². The van der Waals surface area contributed by atoms with Gasteiger partial charge in [0.25, 0.3) is 0 Å². The van der Waals surface area contributed by atoms with Gasteiger partial charge in [-0.1, -0.05) is 0 Å². The molecule has 0 radical (unpaired) electrons. The summed E-state index contributed by atoms with van der Waals surface area (Å²) >= 11 is 0. The first-order valence-corrected chi connectivity index (χ1v) is 5.98. The van der Waals surface area contributed by atoms with E-state index in [0.29, 0.717) is 12.5 Å². The average molecular weight is 246 g/mol. The largest absolute Gasteiger partial charge is 0.478 e. The van der Waals surface area contributed by atoms with Crippen LogP contribution in [0.1, 0.15) is 6.42 Å². The van der Waals surface area contributed by atoms with Crippen LogP contribution in [-0.2, 0) is 0 Å². The molecule has 0 atom stereocenters. The van der Waals surface area contributed by atoms with Crippen LogP contribution in [0.2, 0.25) is 0 Å². The number of hydrogen-bond donors (Lipinski definition) is 1. The van der Waals surface area contributed by atoms with E-state index in [1.54, 1.807) is 18.7 Å². The number of nitrogens with one attached hydrogen (secondary N) is 1. The SMILES string of the molecule is CN(C)CCCOc1ccc(-c2cnc[nH]2)cn1. The summed E-state index contributed by atoms with van der Waals surface area (Å²) in [5.74, 6) is 0.664. The molecule has 5 heteroatoms. The second kappa shape index (κ2) is 6.16. The Kier molecular flexibility index (Phi) is 4.30. The highest BCUT2D eigenvalue weighted by Crippen LogP contribution is 2.17. The normalized spacial score (nSPS) is 10.8. The molecule has 0 bridgehead atoms. The molecule has 0 aliphatic carbocycles. The number of H-pyrrole nitrogens is 1. The molecule has 0 aromatic carbocycles. The van der Waals surface area contributed by atoms with Crippen molar-refractivity contribution in [3.8, 4) is 17.1 Å². The summed E-state index contributed by atoms with van der Waals surface area (Å²) in [5.41, 5.74) is 1.97. The second-order valence-corrected chi connectivity index (χ2v) is 4.36. The molecule has 0 amide bonds. The van der Waals surface area contributed by atoms with E-state index in [-0.39, 0.29) is 0 Å². The van der Waals surface area contributed by atoms with Crippen molar-refractivity contribution in [2.75, 3.05) is 27.2 Å². The lowest BCUT2D eigenvalue weighted by Gasteiger charge is -2.09. The summed E-state index contributed by atoms with van der Waals surface area (Å²) < 4.78 is 5.57. The maximum absolute atomic E-state index is 5.57. The molecule has 1 N–H and O–H groups in total. The Morgan fingerprint density at radius 3 is 2.78 bits per heavy atom. The van der Waals surface area contributed by atoms with E-state index in [2.05, 4.69) is 33.9 Å². The van der Waals surface area contributed by atoms with Gasteiger partial charge in [-0.2, -0.15) is 0 Å². The fourth-order valence-electron chi connectivity index (χ4n) is 1.60. The van der Waals surface area contributed by atoms with Gasteiger partial charge in [-0.25, -0.2) is 9.97 Å². The first kappa shape index (κ1) is 12.6. The number of rotatable bonds is 6. The highest BCUT2D eigenvalue weighted by Gasteiger charge is 2.00. The standard InChI is InChI=1S/C13H18N4O/c1-17(2)6-3-7-18-13-5-4-11(8-15-13)12-9-14-10-16-12/h4-5,8-10H,3,6-7H2,1-2H3,(H,14,16). The molecular formula is C13H18N4O. The van der Waals surface area contributed by atoms with Gasteiger partial charge in [0, 0.05) is 24.4 Å². The van der Waals surface area contributed by atoms with E-state index in [1.807, 2.05) is 12.1 Å². The summed E-state index contributed by atoms with van der Waals surface area (Å²) in [4.78, 5) is 13.4. The number of pyridine rings is 1. The van der Waals surface area contributed by atoms with Crippen LogP contribution in [0.5, 0.6) is 5.88 Å². The van der Waals surface area contributed by atoms with Gasteiger partial charge in [0.2, 0.25) is 5.88 Å². The summed E-state index contributed by atoms with van der Waals surface area (Å²) in [6.45, 7) is 1.71. The zero-order valence-electron chi connectivity index (χ0n) is 10.8. The van der Waals surface area contributed by atoms with E-state index in [1.165, 1.54) is 0 Å². The van der Waals surface area contributed by atoms with Gasteiger partial charge in [-0.3, -0.25) is 0 Å². The minimum atomic E-state index is 0.664. The quantitative estimate of drug-likeness (QED) is 0.790. The van der Waals surface area contributed by atoms with Gasteiger partial charge in [0.1, 0.15) is 0 Å².